The quantitative estimate of drug-likeness (QED) is 0.805. The maximum atomic E-state index is 13.3. The van der Waals surface area contributed by atoms with Gasteiger partial charge < -0.3 is 5.11 Å². The Labute approximate surface area is 159 Å². The van der Waals surface area contributed by atoms with E-state index >= 15 is 0 Å². The highest BCUT2D eigenvalue weighted by molar-refractivity contribution is 7.10. The molecule has 2 aromatic rings. The molecule has 1 aliphatic rings. The van der Waals surface area contributed by atoms with Gasteiger partial charge in [0.15, 0.2) is 5.13 Å². The first-order valence-electron chi connectivity index (χ1n) is 9.33. The van der Waals surface area contributed by atoms with E-state index in [1.165, 1.54) is 23.0 Å². The zero-order valence-electron chi connectivity index (χ0n) is 16.1. The Bertz CT molecular complexity index is 741. The summed E-state index contributed by atoms with van der Waals surface area (Å²) in [6, 6.07) is 7.60. The molecule has 0 aromatic carbocycles. The van der Waals surface area contributed by atoms with Crippen LogP contribution in [-0.2, 0) is 12.0 Å². The van der Waals surface area contributed by atoms with E-state index in [9.17, 15) is 9.50 Å². The number of halogens is 1. The van der Waals surface area contributed by atoms with Crippen LogP contribution >= 0.6 is 11.3 Å². The predicted octanol–water partition coefficient (Wildman–Crippen LogP) is 4.53. The molecule has 0 bridgehead atoms. The van der Waals surface area contributed by atoms with Gasteiger partial charge in [-0.2, -0.15) is 4.39 Å². The van der Waals surface area contributed by atoms with E-state index < -0.39 is 0 Å². The highest BCUT2D eigenvalue weighted by atomic mass is 32.1. The van der Waals surface area contributed by atoms with E-state index in [1.807, 2.05) is 26.1 Å². The van der Waals surface area contributed by atoms with Gasteiger partial charge in [0.25, 0.3) is 0 Å². The van der Waals surface area contributed by atoms with Gasteiger partial charge in [0, 0.05) is 34.3 Å². The molecule has 3 nitrogen and oxygen atoms in total. The fraction of sp³-hybridized carbons (Fsp3) is 0.571. The van der Waals surface area contributed by atoms with Gasteiger partial charge in [-0.15, -0.1) is 11.3 Å². The largest absolute Gasteiger partial charge is 0.393 e. The number of likely N-dealkylation sites (tertiary alicyclic amines) is 1. The number of nitrogens with zero attached hydrogens (tertiary/aromatic N) is 2. The number of thiophene rings is 1. The number of hydrogen-bond acceptors (Lipinski definition) is 4. The lowest BCUT2D eigenvalue weighted by atomic mass is 9.77. The molecule has 2 aromatic heterocycles. The Hall–Kier alpha value is -1.30. The Morgan fingerprint density at radius 1 is 1.35 bits per heavy atom. The zero-order chi connectivity index (χ0) is 18.9. The van der Waals surface area contributed by atoms with Crippen molar-refractivity contribution >= 4 is 11.3 Å². The van der Waals surface area contributed by atoms with Crippen molar-refractivity contribution in [2.45, 2.75) is 58.6 Å². The van der Waals surface area contributed by atoms with E-state index in [0.717, 1.165) is 42.9 Å². The van der Waals surface area contributed by atoms with Crippen LogP contribution in [-0.4, -0.2) is 34.2 Å². The van der Waals surface area contributed by atoms with Crippen molar-refractivity contribution in [2.75, 3.05) is 13.1 Å². The van der Waals surface area contributed by atoms with E-state index in [2.05, 4.69) is 35.9 Å². The zero-order valence-corrected chi connectivity index (χ0v) is 16.9. The minimum atomic E-state index is -0.385. The third-order valence-electron chi connectivity index (χ3n) is 6.18. The number of aryl methyl sites for hydroxylation is 2. The first-order valence-corrected chi connectivity index (χ1v) is 10.2. The molecule has 1 saturated heterocycles. The van der Waals surface area contributed by atoms with Gasteiger partial charge in [0.05, 0.1) is 6.10 Å². The van der Waals surface area contributed by atoms with Crippen LogP contribution in [0.5, 0.6) is 0 Å². The molecule has 0 radical (unpaired) electrons. The van der Waals surface area contributed by atoms with Crippen LogP contribution in [0.1, 0.15) is 49.7 Å². The van der Waals surface area contributed by atoms with E-state index in [4.69, 9.17) is 0 Å². The van der Waals surface area contributed by atoms with Crippen molar-refractivity contribution in [3.63, 3.8) is 0 Å². The van der Waals surface area contributed by atoms with Crippen LogP contribution in [0.3, 0.4) is 0 Å². The number of aromatic nitrogens is 1. The lowest BCUT2D eigenvalue weighted by Gasteiger charge is -2.39. The van der Waals surface area contributed by atoms with E-state index in [1.54, 1.807) is 0 Å². The third-order valence-corrected chi connectivity index (χ3v) is 7.11. The second-order valence-electron chi connectivity index (χ2n) is 8.16. The van der Waals surface area contributed by atoms with Crippen molar-refractivity contribution in [1.82, 2.24) is 9.88 Å². The van der Waals surface area contributed by atoms with E-state index in [0.29, 0.717) is 0 Å². The number of aliphatic hydroxyl groups is 1. The summed E-state index contributed by atoms with van der Waals surface area (Å²) in [5.41, 5.74) is 1.94. The monoisotopic (exact) mass is 376 g/mol. The molecule has 5 heteroatoms. The summed E-state index contributed by atoms with van der Waals surface area (Å²) < 4.78 is 13.3. The average molecular weight is 377 g/mol. The second kappa shape index (κ2) is 7.37. The maximum absolute atomic E-state index is 13.3. The fourth-order valence-corrected chi connectivity index (χ4v) is 4.72. The Kier molecular flexibility index (Phi) is 5.52. The van der Waals surface area contributed by atoms with Crippen molar-refractivity contribution < 1.29 is 9.50 Å². The molecule has 1 fully saturated rings. The van der Waals surface area contributed by atoms with Gasteiger partial charge in [0.2, 0.25) is 0 Å². The smallest absolute Gasteiger partial charge is 0.176 e. The predicted molar refractivity (Wildman–Crippen MR) is 105 cm³/mol. The number of aliphatic hydroxyl groups excluding tert-OH is 1. The Morgan fingerprint density at radius 2 is 2.12 bits per heavy atom. The summed E-state index contributed by atoms with van der Waals surface area (Å²) in [6.45, 7) is 10.2. The first-order chi connectivity index (χ1) is 12.2. The summed E-state index contributed by atoms with van der Waals surface area (Å²) in [7, 11) is 0. The lowest BCUT2D eigenvalue weighted by molar-refractivity contribution is 0.0260. The lowest BCUT2D eigenvalue weighted by Crippen LogP contribution is -2.44. The van der Waals surface area contributed by atoms with Crippen LogP contribution in [0.15, 0.2) is 30.5 Å². The summed E-state index contributed by atoms with van der Waals surface area (Å²) in [4.78, 5) is 7.97. The highest BCUT2D eigenvalue weighted by Gasteiger charge is 2.46. The van der Waals surface area contributed by atoms with Crippen LogP contribution < -0.4 is 0 Å². The molecule has 0 saturated carbocycles. The van der Waals surface area contributed by atoms with Crippen molar-refractivity contribution in [2.24, 2.45) is 5.41 Å². The third kappa shape index (κ3) is 3.85. The first kappa shape index (κ1) is 19.5. The summed E-state index contributed by atoms with van der Waals surface area (Å²) in [5, 5.41) is 10.4. The van der Waals surface area contributed by atoms with Crippen LogP contribution in [0.25, 0.3) is 0 Å². The summed E-state index contributed by atoms with van der Waals surface area (Å²) in [5.74, 6) is 0. The van der Waals surface area contributed by atoms with Gasteiger partial charge >= 0.3 is 0 Å². The van der Waals surface area contributed by atoms with Crippen LogP contribution in [0, 0.1) is 17.5 Å². The molecule has 3 heterocycles. The standard InChI is InChI=1S/C21H29FN2OS/c1-15-5-6-17(13-23-15)20(3,4)24-12-11-21(14-24,16(2)25)10-9-18-7-8-19(22)26-18/h5-8,13,16,25H,9-12,14H2,1-4H3. The molecule has 1 aliphatic heterocycles. The minimum Gasteiger partial charge on any atom is -0.393 e. The van der Waals surface area contributed by atoms with Crippen LogP contribution in [0.2, 0.25) is 0 Å². The molecular weight excluding hydrogens is 347 g/mol. The van der Waals surface area contributed by atoms with Gasteiger partial charge in [0.1, 0.15) is 0 Å². The van der Waals surface area contributed by atoms with Crippen molar-refractivity contribution in [1.29, 1.82) is 0 Å². The number of pyridine rings is 1. The topological polar surface area (TPSA) is 36.4 Å². The van der Waals surface area contributed by atoms with Gasteiger partial charge in [-0.3, -0.25) is 9.88 Å². The number of rotatable bonds is 6. The minimum absolute atomic E-state index is 0.132. The molecule has 3 rings (SSSR count). The number of hydrogen-bond donors (Lipinski definition) is 1. The fourth-order valence-electron chi connectivity index (χ4n) is 4.00. The van der Waals surface area contributed by atoms with Crippen LogP contribution in [0.4, 0.5) is 4.39 Å². The van der Waals surface area contributed by atoms with Gasteiger partial charge in [-0.05, 0) is 77.3 Å². The van der Waals surface area contributed by atoms with Gasteiger partial charge in [-0.25, -0.2) is 0 Å². The average Bonchev–Trinajstić information content (AvgIpc) is 3.21. The molecule has 2 atom stereocenters. The molecule has 2 unspecified atom stereocenters. The molecule has 1 N–H and O–H groups in total. The maximum Gasteiger partial charge on any atom is 0.176 e. The highest BCUT2D eigenvalue weighted by Crippen LogP contribution is 2.43. The normalized spacial score (nSPS) is 22.7. The molecule has 0 aliphatic carbocycles. The van der Waals surface area contributed by atoms with Gasteiger partial charge in [-0.1, -0.05) is 6.07 Å². The molecular formula is C21H29FN2OS. The summed E-state index contributed by atoms with van der Waals surface area (Å²) in [6.07, 6.45) is 4.24. The summed E-state index contributed by atoms with van der Waals surface area (Å²) >= 11 is 1.22. The molecule has 0 spiro atoms. The molecule has 26 heavy (non-hydrogen) atoms. The Morgan fingerprint density at radius 3 is 2.69 bits per heavy atom. The molecule has 142 valence electrons. The van der Waals surface area contributed by atoms with Crippen molar-refractivity contribution in [3.8, 4) is 0 Å². The molecule has 0 amide bonds. The van der Waals surface area contributed by atoms with E-state index in [-0.39, 0.29) is 22.2 Å². The Balaban J connectivity index is 1.75. The van der Waals surface area contributed by atoms with Crippen molar-refractivity contribution in [3.05, 3.63) is 51.7 Å². The second-order valence-corrected chi connectivity index (χ2v) is 9.28. The SMILES string of the molecule is Cc1ccc(C(C)(C)N2CCC(CCc3ccc(F)s3)(C(C)O)C2)cn1.